The van der Waals surface area contributed by atoms with Crippen molar-refractivity contribution in [2.24, 2.45) is 7.05 Å². The molecule has 0 amide bonds. The minimum absolute atomic E-state index is 0.233. The third-order valence-corrected chi connectivity index (χ3v) is 3.07. The van der Waals surface area contributed by atoms with Gasteiger partial charge >= 0.3 is 0 Å². The summed E-state index contributed by atoms with van der Waals surface area (Å²) in [4.78, 5) is 7.95. The molecule has 90 valence electrons. The number of nitrogens with one attached hydrogen (secondary N) is 1. The smallest absolute Gasteiger partial charge is 0.224 e. The highest BCUT2D eigenvalue weighted by atomic mass is 79.9. The number of halogens is 2. The first-order valence-corrected chi connectivity index (χ1v) is 6.22. The summed E-state index contributed by atoms with van der Waals surface area (Å²) in [5, 5.41) is 7.54. The van der Waals surface area contributed by atoms with Gasteiger partial charge in [-0.15, -0.1) is 0 Å². The van der Waals surface area contributed by atoms with Crippen LogP contribution in [0.2, 0.25) is 5.28 Å². The molecule has 0 radical (unpaired) electrons. The molecule has 0 saturated heterocycles. The van der Waals surface area contributed by atoms with E-state index in [1.165, 1.54) is 0 Å². The van der Waals surface area contributed by atoms with Gasteiger partial charge in [-0.1, -0.05) is 0 Å². The number of hydrogen-bond acceptors (Lipinski definition) is 4. The van der Waals surface area contributed by atoms with Crippen LogP contribution in [-0.2, 0) is 13.5 Å². The molecule has 5 nitrogen and oxygen atoms in total. The molecule has 0 aliphatic carbocycles. The number of rotatable bonds is 4. The molecule has 0 unspecified atom stereocenters. The second-order valence-corrected chi connectivity index (χ2v) is 4.65. The van der Waals surface area contributed by atoms with E-state index in [1.807, 2.05) is 17.8 Å². The molecule has 7 heteroatoms. The minimum Gasteiger partial charge on any atom is -0.369 e. The lowest BCUT2D eigenvalue weighted by Crippen LogP contribution is -2.10. The van der Waals surface area contributed by atoms with Crippen LogP contribution in [0.3, 0.4) is 0 Å². The van der Waals surface area contributed by atoms with Gasteiger partial charge in [-0.3, -0.25) is 4.68 Å². The summed E-state index contributed by atoms with van der Waals surface area (Å²) in [6, 6.07) is 1.99. The zero-order chi connectivity index (χ0) is 12.3. The van der Waals surface area contributed by atoms with Crippen LogP contribution in [0.15, 0.2) is 22.9 Å². The van der Waals surface area contributed by atoms with Crippen molar-refractivity contribution in [3.05, 3.63) is 33.9 Å². The highest BCUT2D eigenvalue weighted by Gasteiger charge is 2.04. The number of aryl methyl sites for hydroxylation is 1. The van der Waals surface area contributed by atoms with E-state index >= 15 is 0 Å². The molecule has 2 aromatic rings. The molecule has 0 saturated carbocycles. The molecule has 2 rings (SSSR count). The lowest BCUT2D eigenvalue weighted by atomic mass is 10.3. The molecular formula is C10H11BrClN5. The Morgan fingerprint density at radius 3 is 3.06 bits per heavy atom. The first-order chi connectivity index (χ1) is 8.16. The van der Waals surface area contributed by atoms with E-state index in [1.54, 1.807) is 12.4 Å². The zero-order valence-corrected chi connectivity index (χ0v) is 11.5. The SMILES string of the molecule is Cn1nccc1CCNc1nc(Cl)ncc1Br. The van der Waals surface area contributed by atoms with Crippen LogP contribution in [0.1, 0.15) is 5.69 Å². The molecule has 1 N–H and O–H groups in total. The van der Waals surface area contributed by atoms with E-state index in [2.05, 4.69) is 36.3 Å². The van der Waals surface area contributed by atoms with E-state index < -0.39 is 0 Å². The highest BCUT2D eigenvalue weighted by molar-refractivity contribution is 9.10. The van der Waals surface area contributed by atoms with Gasteiger partial charge in [0, 0.05) is 38.1 Å². The number of aromatic nitrogens is 4. The lowest BCUT2D eigenvalue weighted by molar-refractivity contribution is 0.711. The Morgan fingerprint density at radius 2 is 2.35 bits per heavy atom. The van der Waals surface area contributed by atoms with Crippen LogP contribution >= 0.6 is 27.5 Å². The van der Waals surface area contributed by atoms with Gasteiger partial charge in [0.05, 0.1) is 4.47 Å². The van der Waals surface area contributed by atoms with Crippen molar-refractivity contribution in [3.63, 3.8) is 0 Å². The van der Waals surface area contributed by atoms with Crippen molar-refractivity contribution in [3.8, 4) is 0 Å². The third-order valence-electron chi connectivity index (χ3n) is 2.31. The van der Waals surface area contributed by atoms with Gasteiger partial charge in [0.15, 0.2) is 0 Å². The Labute approximate surface area is 112 Å². The van der Waals surface area contributed by atoms with E-state index in [0.717, 1.165) is 23.1 Å². The molecule has 0 aliphatic heterocycles. The van der Waals surface area contributed by atoms with E-state index in [4.69, 9.17) is 11.6 Å². The summed E-state index contributed by atoms with van der Waals surface area (Å²) in [6.45, 7) is 0.755. The Hall–Kier alpha value is -1.14. The Kier molecular flexibility index (Phi) is 3.96. The van der Waals surface area contributed by atoms with Crippen molar-refractivity contribution in [2.75, 3.05) is 11.9 Å². The van der Waals surface area contributed by atoms with Crippen molar-refractivity contribution in [1.82, 2.24) is 19.7 Å². The molecule has 0 aromatic carbocycles. The highest BCUT2D eigenvalue weighted by Crippen LogP contribution is 2.19. The predicted octanol–water partition coefficient (Wildman–Crippen LogP) is 2.28. The molecule has 0 bridgehead atoms. The van der Waals surface area contributed by atoms with Crippen molar-refractivity contribution in [1.29, 1.82) is 0 Å². The summed E-state index contributed by atoms with van der Waals surface area (Å²) in [6.07, 6.45) is 4.28. The molecule has 2 heterocycles. The van der Waals surface area contributed by atoms with Crippen LogP contribution in [0.25, 0.3) is 0 Å². The van der Waals surface area contributed by atoms with Crippen LogP contribution in [-0.4, -0.2) is 26.3 Å². The second-order valence-electron chi connectivity index (χ2n) is 3.46. The maximum absolute atomic E-state index is 5.72. The molecular weight excluding hydrogens is 306 g/mol. The van der Waals surface area contributed by atoms with Crippen molar-refractivity contribution in [2.45, 2.75) is 6.42 Å². The molecule has 0 fully saturated rings. The molecule has 0 atom stereocenters. The fraction of sp³-hybridized carbons (Fsp3) is 0.300. The summed E-state index contributed by atoms with van der Waals surface area (Å²) < 4.78 is 2.65. The normalized spacial score (nSPS) is 10.5. The third kappa shape index (κ3) is 3.17. The van der Waals surface area contributed by atoms with E-state index in [0.29, 0.717) is 5.82 Å². The number of hydrogen-bond donors (Lipinski definition) is 1. The standard InChI is InChI=1S/C10H11BrClN5/c1-17-7(3-5-15-17)2-4-13-9-8(11)6-14-10(12)16-9/h3,5-6H,2,4H2,1H3,(H,13,14,16). The predicted molar refractivity (Wildman–Crippen MR) is 70.1 cm³/mol. The van der Waals surface area contributed by atoms with Crippen LogP contribution in [0.4, 0.5) is 5.82 Å². The summed E-state index contributed by atoms with van der Waals surface area (Å²) in [7, 11) is 1.92. The summed E-state index contributed by atoms with van der Waals surface area (Å²) in [5.74, 6) is 0.701. The first kappa shape index (κ1) is 12.3. The number of anilines is 1. The minimum atomic E-state index is 0.233. The fourth-order valence-electron chi connectivity index (χ4n) is 1.43. The van der Waals surface area contributed by atoms with E-state index in [9.17, 15) is 0 Å². The summed E-state index contributed by atoms with van der Waals surface area (Å²) >= 11 is 9.08. The van der Waals surface area contributed by atoms with Gasteiger partial charge in [-0.25, -0.2) is 4.98 Å². The zero-order valence-electron chi connectivity index (χ0n) is 9.19. The van der Waals surface area contributed by atoms with Crippen LogP contribution in [0.5, 0.6) is 0 Å². The van der Waals surface area contributed by atoms with Gasteiger partial charge in [0.25, 0.3) is 0 Å². The lowest BCUT2D eigenvalue weighted by Gasteiger charge is -2.07. The fourth-order valence-corrected chi connectivity index (χ4v) is 1.89. The van der Waals surface area contributed by atoms with Crippen LogP contribution < -0.4 is 5.32 Å². The van der Waals surface area contributed by atoms with Crippen LogP contribution in [0, 0.1) is 0 Å². The largest absolute Gasteiger partial charge is 0.369 e. The maximum atomic E-state index is 5.72. The van der Waals surface area contributed by atoms with E-state index in [-0.39, 0.29) is 5.28 Å². The van der Waals surface area contributed by atoms with Crippen molar-refractivity contribution >= 4 is 33.3 Å². The van der Waals surface area contributed by atoms with Gasteiger partial charge < -0.3 is 5.32 Å². The average molecular weight is 317 g/mol. The quantitative estimate of drug-likeness (QED) is 0.879. The monoisotopic (exact) mass is 315 g/mol. The molecule has 17 heavy (non-hydrogen) atoms. The van der Waals surface area contributed by atoms with Crippen molar-refractivity contribution < 1.29 is 0 Å². The first-order valence-electron chi connectivity index (χ1n) is 5.05. The average Bonchev–Trinajstić information content (AvgIpc) is 2.70. The van der Waals surface area contributed by atoms with Gasteiger partial charge in [0.1, 0.15) is 5.82 Å². The molecule has 0 aliphatic rings. The Morgan fingerprint density at radius 1 is 1.53 bits per heavy atom. The molecule has 0 spiro atoms. The van der Waals surface area contributed by atoms with Gasteiger partial charge in [0.2, 0.25) is 5.28 Å². The topological polar surface area (TPSA) is 55.6 Å². The maximum Gasteiger partial charge on any atom is 0.224 e. The Bertz CT molecular complexity index is 513. The van der Waals surface area contributed by atoms with Gasteiger partial charge in [-0.05, 0) is 33.6 Å². The Balaban J connectivity index is 1.94. The molecule has 2 aromatic heterocycles. The number of nitrogens with zero attached hydrogens (tertiary/aromatic N) is 4. The second kappa shape index (κ2) is 5.46. The van der Waals surface area contributed by atoms with Gasteiger partial charge in [-0.2, -0.15) is 10.1 Å². The summed E-state index contributed by atoms with van der Waals surface area (Å²) in [5.41, 5.74) is 1.16.